The van der Waals surface area contributed by atoms with Gasteiger partial charge in [0.2, 0.25) is 11.8 Å². The van der Waals surface area contributed by atoms with Crippen LogP contribution in [0.2, 0.25) is 0 Å². The van der Waals surface area contributed by atoms with Crippen LogP contribution in [0.4, 0.5) is 5.13 Å². The molecule has 4 rings (SSSR count). The van der Waals surface area contributed by atoms with Gasteiger partial charge >= 0.3 is 5.97 Å². The van der Waals surface area contributed by atoms with Gasteiger partial charge in [0.1, 0.15) is 34.8 Å². The maximum absolute atomic E-state index is 13.7. The monoisotopic (exact) mass is 583 g/mol. The van der Waals surface area contributed by atoms with Crippen LogP contribution < -0.4 is 20.1 Å². The zero-order chi connectivity index (χ0) is 30.1. The SMILES string of the molecule is CNC(=O)[C@@](C)(C(=O)N1C[C@H](Oc2cc(-c3csc(NC(C)C)n3)nc3cc(OC)ccc23)C[C@H]1C(=O)O)C(C)C. The zero-order valence-corrected chi connectivity index (χ0v) is 25.2. The summed E-state index contributed by atoms with van der Waals surface area (Å²) in [5.41, 5.74) is 0.437. The normalized spacial score (nSPS) is 18.4. The Labute approximate surface area is 243 Å². The summed E-state index contributed by atoms with van der Waals surface area (Å²) in [4.78, 5) is 49.5. The molecule has 0 radical (unpaired) electrons. The van der Waals surface area contributed by atoms with Gasteiger partial charge in [-0.25, -0.2) is 14.8 Å². The van der Waals surface area contributed by atoms with Crippen molar-refractivity contribution >= 4 is 45.2 Å². The molecule has 3 aromatic rings. The van der Waals surface area contributed by atoms with Crippen molar-refractivity contribution in [1.82, 2.24) is 20.2 Å². The lowest BCUT2D eigenvalue weighted by Gasteiger charge is -2.35. The number of amides is 2. The van der Waals surface area contributed by atoms with Crippen LogP contribution in [-0.4, -0.2) is 76.6 Å². The summed E-state index contributed by atoms with van der Waals surface area (Å²) in [5, 5.41) is 19.3. The van der Waals surface area contributed by atoms with Crippen LogP contribution in [0.1, 0.15) is 41.0 Å². The Morgan fingerprint density at radius 1 is 1.15 bits per heavy atom. The number of thiazole rings is 1. The third kappa shape index (κ3) is 5.92. The number of carboxylic acid groups (broad SMARTS) is 1. The molecule has 1 saturated heterocycles. The number of methoxy groups -OCH3 is 1. The number of hydrogen-bond acceptors (Lipinski definition) is 9. The van der Waals surface area contributed by atoms with E-state index in [1.54, 1.807) is 46.1 Å². The van der Waals surface area contributed by atoms with Gasteiger partial charge < -0.3 is 30.1 Å². The Morgan fingerprint density at radius 3 is 2.49 bits per heavy atom. The first-order chi connectivity index (χ1) is 19.4. The molecule has 220 valence electrons. The molecular formula is C29H37N5O6S. The molecule has 1 aliphatic heterocycles. The van der Waals surface area contributed by atoms with Crippen LogP contribution >= 0.6 is 11.3 Å². The third-order valence-electron chi connectivity index (χ3n) is 7.56. The number of nitrogens with zero attached hydrogens (tertiary/aromatic N) is 3. The van der Waals surface area contributed by atoms with E-state index >= 15 is 0 Å². The van der Waals surface area contributed by atoms with Crippen molar-refractivity contribution in [2.45, 2.75) is 59.2 Å². The van der Waals surface area contributed by atoms with Gasteiger partial charge in [-0.05, 0) is 38.8 Å². The number of ether oxygens (including phenoxy) is 2. The van der Waals surface area contributed by atoms with Crippen molar-refractivity contribution in [3.8, 4) is 22.9 Å². The highest BCUT2D eigenvalue weighted by molar-refractivity contribution is 7.14. The summed E-state index contributed by atoms with van der Waals surface area (Å²) in [6, 6.07) is 6.30. The molecule has 0 bridgehead atoms. The van der Waals surface area contributed by atoms with E-state index in [4.69, 9.17) is 14.5 Å². The summed E-state index contributed by atoms with van der Waals surface area (Å²) in [5.74, 6) is -1.40. The van der Waals surface area contributed by atoms with Crippen LogP contribution in [0.15, 0.2) is 29.6 Å². The van der Waals surface area contributed by atoms with Crippen molar-refractivity contribution in [3.05, 3.63) is 29.6 Å². The lowest BCUT2D eigenvalue weighted by molar-refractivity contribution is -0.158. The maximum Gasteiger partial charge on any atom is 0.326 e. The number of hydrogen-bond donors (Lipinski definition) is 3. The van der Waals surface area contributed by atoms with Crippen LogP contribution in [0, 0.1) is 11.3 Å². The standard InChI is InChI=1S/C29H37N5O6S/c1-15(2)29(5,26(37)30-6)27(38)34-13-18(11-23(34)25(35)36)40-24-12-21(22-14-41-28(33-22)31-16(3)4)32-20-10-17(39-7)8-9-19(20)24/h8-10,12,14-16,18,23H,11,13H2,1-7H3,(H,30,37)(H,31,33)(H,35,36)/t18-,23+,29+/m1/s1. The van der Waals surface area contributed by atoms with Crippen LogP contribution in [0.5, 0.6) is 11.5 Å². The van der Waals surface area contributed by atoms with E-state index in [2.05, 4.69) is 15.6 Å². The molecule has 3 atom stereocenters. The van der Waals surface area contributed by atoms with Gasteiger partial charge in [0, 0.05) is 42.4 Å². The number of aromatic nitrogens is 2. The van der Waals surface area contributed by atoms with E-state index < -0.39 is 35.3 Å². The number of carboxylic acids is 1. The molecule has 0 saturated carbocycles. The van der Waals surface area contributed by atoms with Crippen LogP contribution in [0.25, 0.3) is 22.3 Å². The molecule has 1 aliphatic rings. The topological polar surface area (TPSA) is 143 Å². The highest BCUT2D eigenvalue weighted by atomic mass is 32.1. The minimum absolute atomic E-state index is 0.0174. The second-order valence-electron chi connectivity index (χ2n) is 10.9. The summed E-state index contributed by atoms with van der Waals surface area (Å²) in [7, 11) is 3.04. The summed E-state index contributed by atoms with van der Waals surface area (Å²) in [6.45, 7) is 9.18. The predicted molar refractivity (Wildman–Crippen MR) is 157 cm³/mol. The molecule has 3 heterocycles. The van der Waals surface area contributed by atoms with E-state index in [9.17, 15) is 19.5 Å². The Hall–Kier alpha value is -3.93. The number of pyridine rings is 1. The van der Waals surface area contributed by atoms with E-state index in [0.29, 0.717) is 33.8 Å². The average Bonchev–Trinajstić information content (AvgIpc) is 3.58. The fourth-order valence-corrected chi connectivity index (χ4v) is 5.77. The Morgan fingerprint density at radius 2 is 1.88 bits per heavy atom. The fraction of sp³-hybridized carbons (Fsp3) is 0.483. The first kappa shape index (κ1) is 30.0. The third-order valence-corrected chi connectivity index (χ3v) is 8.33. The van der Waals surface area contributed by atoms with Gasteiger partial charge in [0.05, 0.1) is 24.9 Å². The lowest BCUT2D eigenvalue weighted by Crippen LogP contribution is -2.55. The lowest BCUT2D eigenvalue weighted by atomic mass is 9.76. The van der Waals surface area contributed by atoms with Gasteiger partial charge in [-0.15, -0.1) is 11.3 Å². The molecule has 12 heteroatoms. The first-order valence-corrected chi connectivity index (χ1v) is 14.4. The van der Waals surface area contributed by atoms with E-state index in [1.807, 2.05) is 25.3 Å². The first-order valence-electron chi connectivity index (χ1n) is 13.5. The average molecular weight is 584 g/mol. The van der Waals surface area contributed by atoms with Gasteiger partial charge in [-0.1, -0.05) is 13.8 Å². The Kier molecular flexibility index (Phi) is 8.71. The Balaban J connectivity index is 1.71. The van der Waals surface area contributed by atoms with Crippen molar-refractivity contribution in [1.29, 1.82) is 0 Å². The molecule has 0 unspecified atom stereocenters. The number of carbonyl (C=O) groups is 3. The number of aliphatic carboxylic acids is 1. The summed E-state index contributed by atoms with van der Waals surface area (Å²) in [6.07, 6.45) is -0.562. The van der Waals surface area contributed by atoms with Gasteiger partial charge in [-0.3, -0.25) is 9.59 Å². The predicted octanol–water partition coefficient (Wildman–Crippen LogP) is 4.03. The molecule has 41 heavy (non-hydrogen) atoms. The van der Waals surface area contributed by atoms with E-state index in [0.717, 1.165) is 5.13 Å². The number of carbonyl (C=O) groups excluding carboxylic acids is 2. The molecule has 0 aliphatic carbocycles. The number of benzene rings is 1. The number of nitrogens with one attached hydrogen (secondary N) is 2. The molecule has 2 aromatic heterocycles. The summed E-state index contributed by atoms with van der Waals surface area (Å²) < 4.78 is 11.8. The molecule has 2 amide bonds. The van der Waals surface area contributed by atoms with Crippen molar-refractivity contribution in [2.75, 3.05) is 26.0 Å². The van der Waals surface area contributed by atoms with Crippen molar-refractivity contribution in [3.63, 3.8) is 0 Å². The molecular weight excluding hydrogens is 546 g/mol. The minimum Gasteiger partial charge on any atom is -0.497 e. The highest BCUT2D eigenvalue weighted by Crippen LogP contribution is 2.37. The van der Waals surface area contributed by atoms with Gasteiger partial charge in [0.15, 0.2) is 5.13 Å². The maximum atomic E-state index is 13.7. The van der Waals surface area contributed by atoms with Crippen LogP contribution in [0.3, 0.4) is 0 Å². The second kappa shape index (κ2) is 11.9. The van der Waals surface area contributed by atoms with Crippen molar-refractivity contribution < 1.29 is 29.0 Å². The number of rotatable bonds is 10. The number of fused-ring (bicyclic) bond motifs is 1. The number of anilines is 1. The van der Waals surface area contributed by atoms with E-state index in [1.165, 1.54) is 23.3 Å². The van der Waals surface area contributed by atoms with Crippen molar-refractivity contribution in [2.24, 2.45) is 11.3 Å². The zero-order valence-electron chi connectivity index (χ0n) is 24.3. The smallest absolute Gasteiger partial charge is 0.326 e. The molecule has 0 spiro atoms. The second-order valence-corrected chi connectivity index (χ2v) is 11.8. The van der Waals surface area contributed by atoms with E-state index in [-0.39, 0.29) is 24.9 Å². The molecule has 11 nitrogen and oxygen atoms in total. The van der Waals surface area contributed by atoms with Gasteiger partial charge in [0.25, 0.3) is 0 Å². The molecule has 3 N–H and O–H groups in total. The van der Waals surface area contributed by atoms with Gasteiger partial charge in [-0.2, -0.15) is 0 Å². The minimum atomic E-state index is -1.43. The fourth-order valence-electron chi connectivity index (χ4n) is 4.92. The van der Waals surface area contributed by atoms with Crippen LogP contribution in [-0.2, 0) is 14.4 Å². The quantitative estimate of drug-likeness (QED) is 0.302. The Bertz CT molecular complexity index is 1460. The number of likely N-dealkylation sites (tertiary alicyclic amines) is 1. The largest absolute Gasteiger partial charge is 0.497 e. The molecule has 1 aromatic carbocycles. The summed E-state index contributed by atoms with van der Waals surface area (Å²) >= 11 is 1.47. The highest BCUT2D eigenvalue weighted by Gasteiger charge is 2.51. The molecule has 1 fully saturated rings.